The zero-order valence-electron chi connectivity index (χ0n) is 14.6. The molecular weight excluding hydrogens is 421 g/mol. The van der Waals surface area contributed by atoms with Gasteiger partial charge in [0, 0.05) is 25.2 Å². The Bertz CT molecular complexity index is 886. The SMILES string of the molecule is CC1NCCc2c1nn(C)c2-c1cc(CNS(C)(=O)=O)cc(Cl)n1.Cl.Cl. The van der Waals surface area contributed by atoms with E-state index in [1.54, 1.807) is 6.07 Å². The molecule has 2 N–H and O–H groups in total. The molecule has 0 amide bonds. The molecule has 0 radical (unpaired) electrons. The molecule has 0 saturated carbocycles. The molecule has 0 aliphatic carbocycles. The number of hydrogen-bond donors (Lipinski definition) is 2. The van der Waals surface area contributed by atoms with Crippen LogP contribution in [0.1, 0.15) is 29.8 Å². The highest BCUT2D eigenvalue weighted by molar-refractivity contribution is 7.88. The highest BCUT2D eigenvalue weighted by atomic mass is 35.5. The smallest absolute Gasteiger partial charge is 0.209 e. The molecule has 0 fully saturated rings. The minimum atomic E-state index is -3.27. The van der Waals surface area contributed by atoms with Crippen molar-refractivity contribution in [2.45, 2.75) is 25.9 Å². The first kappa shape index (κ1) is 23.1. The molecule has 2 aromatic rings. The number of aromatic nitrogens is 3. The Hall–Kier alpha value is -0.900. The predicted octanol–water partition coefficient (Wildman–Crippen LogP) is 2.24. The van der Waals surface area contributed by atoms with Gasteiger partial charge in [-0.3, -0.25) is 4.68 Å². The van der Waals surface area contributed by atoms with Gasteiger partial charge in [-0.1, -0.05) is 11.6 Å². The molecule has 3 rings (SSSR count). The number of hydrogen-bond acceptors (Lipinski definition) is 5. The topological polar surface area (TPSA) is 88.9 Å². The normalized spacial score (nSPS) is 16.4. The van der Waals surface area contributed by atoms with E-state index in [2.05, 4.69) is 27.0 Å². The Morgan fingerprint density at radius 3 is 2.73 bits per heavy atom. The summed E-state index contributed by atoms with van der Waals surface area (Å²) < 4.78 is 26.9. The van der Waals surface area contributed by atoms with Crippen LogP contribution in [-0.4, -0.2) is 36.0 Å². The van der Waals surface area contributed by atoms with Gasteiger partial charge in [-0.2, -0.15) is 5.10 Å². The van der Waals surface area contributed by atoms with Gasteiger partial charge in [-0.15, -0.1) is 24.8 Å². The Balaban J connectivity index is 0.00000169. The number of pyridine rings is 1. The molecule has 1 aliphatic rings. The summed E-state index contributed by atoms with van der Waals surface area (Å²) in [6, 6.07) is 3.71. The third kappa shape index (κ3) is 5.09. The van der Waals surface area contributed by atoms with Crippen LogP contribution in [0.15, 0.2) is 12.1 Å². The molecule has 0 spiro atoms. The van der Waals surface area contributed by atoms with Gasteiger partial charge >= 0.3 is 0 Å². The van der Waals surface area contributed by atoms with Gasteiger partial charge in [-0.05, 0) is 37.6 Å². The zero-order chi connectivity index (χ0) is 17.5. The molecule has 0 aromatic carbocycles. The van der Waals surface area contributed by atoms with Crippen molar-refractivity contribution in [1.29, 1.82) is 0 Å². The van der Waals surface area contributed by atoms with E-state index in [9.17, 15) is 8.42 Å². The van der Waals surface area contributed by atoms with Gasteiger partial charge in [0.15, 0.2) is 0 Å². The summed E-state index contributed by atoms with van der Waals surface area (Å²) in [6.07, 6.45) is 2.00. The van der Waals surface area contributed by atoms with Crippen molar-refractivity contribution < 1.29 is 8.42 Å². The monoisotopic (exact) mass is 441 g/mol. The van der Waals surface area contributed by atoms with Gasteiger partial charge in [-0.25, -0.2) is 18.1 Å². The number of sulfonamides is 1. The van der Waals surface area contributed by atoms with E-state index in [0.29, 0.717) is 10.8 Å². The van der Waals surface area contributed by atoms with Crippen molar-refractivity contribution in [3.8, 4) is 11.4 Å². The van der Waals surface area contributed by atoms with Crippen molar-refractivity contribution in [1.82, 2.24) is 24.8 Å². The minimum absolute atomic E-state index is 0. The second-order valence-corrected chi connectivity index (χ2v) is 8.26. The molecule has 11 heteroatoms. The average molecular weight is 443 g/mol. The van der Waals surface area contributed by atoms with Crippen LogP contribution in [0.3, 0.4) is 0 Å². The van der Waals surface area contributed by atoms with E-state index >= 15 is 0 Å². The number of rotatable bonds is 4. The minimum Gasteiger partial charge on any atom is -0.308 e. The largest absolute Gasteiger partial charge is 0.308 e. The lowest BCUT2D eigenvalue weighted by Crippen LogP contribution is -2.27. The second kappa shape index (κ2) is 8.86. The summed E-state index contributed by atoms with van der Waals surface area (Å²) in [7, 11) is -1.38. The van der Waals surface area contributed by atoms with Crippen LogP contribution in [0.5, 0.6) is 0 Å². The fourth-order valence-electron chi connectivity index (χ4n) is 3.00. The lowest BCUT2D eigenvalue weighted by Gasteiger charge is -2.19. The number of nitrogens with zero attached hydrogens (tertiary/aromatic N) is 3. The molecule has 7 nitrogen and oxygen atoms in total. The fraction of sp³-hybridized carbons (Fsp3) is 0.467. The van der Waals surface area contributed by atoms with Gasteiger partial charge in [0.1, 0.15) is 5.15 Å². The second-order valence-electron chi connectivity index (χ2n) is 6.04. The van der Waals surface area contributed by atoms with Crippen molar-refractivity contribution in [3.05, 3.63) is 34.1 Å². The first-order valence-corrected chi connectivity index (χ1v) is 9.92. The van der Waals surface area contributed by atoms with Gasteiger partial charge in [0.05, 0.1) is 23.3 Å². The Morgan fingerprint density at radius 1 is 1.38 bits per heavy atom. The van der Waals surface area contributed by atoms with E-state index in [-0.39, 0.29) is 37.4 Å². The highest BCUT2D eigenvalue weighted by Gasteiger charge is 2.25. The van der Waals surface area contributed by atoms with E-state index in [4.69, 9.17) is 11.6 Å². The van der Waals surface area contributed by atoms with E-state index in [1.807, 2.05) is 17.8 Å². The van der Waals surface area contributed by atoms with E-state index in [1.165, 1.54) is 5.56 Å². The molecular formula is C15H22Cl3N5O2S. The zero-order valence-corrected chi connectivity index (χ0v) is 17.8. The van der Waals surface area contributed by atoms with Crippen LogP contribution in [0.25, 0.3) is 11.4 Å². The molecule has 1 atom stereocenters. The first-order valence-electron chi connectivity index (χ1n) is 7.65. The Kier molecular flexibility index (Phi) is 7.88. The quantitative estimate of drug-likeness (QED) is 0.709. The molecule has 1 aliphatic heterocycles. The van der Waals surface area contributed by atoms with Crippen molar-refractivity contribution >= 4 is 46.4 Å². The van der Waals surface area contributed by atoms with E-state index < -0.39 is 10.0 Å². The third-order valence-corrected chi connectivity index (χ3v) is 4.91. The molecule has 0 saturated heterocycles. The molecule has 0 bridgehead atoms. The molecule has 1 unspecified atom stereocenters. The third-order valence-electron chi connectivity index (χ3n) is 4.05. The highest BCUT2D eigenvalue weighted by Crippen LogP contribution is 2.31. The van der Waals surface area contributed by atoms with Gasteiger partial charge in [0.2, 0.25) is 10.0 Å². The van der Waals surface area contributed by atoms with Crippen LogP contribution in [0.2, 0.25) is 5.15 Å². The average Bonchev–Trinajstić information content (AvgIpc) is 2.81. The van der Waals surface area contributed by atoms with Crippen LogP contribution >= 0.6 is 36.4 Å². The van der Waals surface area contributed by atoms with Crippen molar-refractivity contribution in [3.63, 3.8) is 0 Å². The van der Waals surface area contributed by atoms with Gasteiger partial charge in [0.25, 0.3) is 0 Å². The molecule has 2 aromatic heterocycles. The first-order chi connectivity index (χ1) is 11.2. The summed E-state index contributed by atoms with van der Waals surface area (Å²) in [5, 5.41) is 8.33. The van der Waals surface area contributed by atoms with Crippen LogP contribution in [-0.2, 0) is 30.0 Å². The molecule has 3 heterocycles. The fourth-order valence-corrected chi connectivity index (χ4v) is 3.66. The lowest BCUT2D eigenvalue weighted by molar-refractivity contribution is 0.525. The Morgan fingerprint density at radius 2 is 2.08 bits per heavy atom. The van der Waals surface area contributed by atoms with Crippen molar-refractivity contribution in [2.75, 3.05) is 12.8 Å². The van der Waals surface area contributed by atoms with Crippen LogP contribution < -0.4 is 10.0 Å². The lowest BCUT2D eigenvalue weighted by atomic mass is 9.99. The van der Waals surface area contributed by atoms with Crippen molar-refractivity contribution in [2.24, 2.45) is 7.05 Å². The van der Waals surface area contributed by atoms with E-state index in [0.717, 1.165) is 36.2 Å². The van der Waals surface area contributed by atoms with Crippen LogP contribution in [0, 0.1) is 0 Å². The number of aryl methyl sites for hydroxylation is 1. The molecule has 146 valence electrons. The summed E-state index contributed by atoms with van der Waals surface area (Å²) in [6.45, 7) is 3.14. The maximum atomic E-state index is 11.3. The standard InChI is InChI=1S/C15H20ClN5O2S.2ClH/c1-9-14-11(4-5-17-9)15(21(2)20-14)12-6-10(7-13(16)19-12)8-18-24(3,22)23;;/h6-7,9,17-18H,4-5,8H2,1-3H3;2*1H. The summed E-state index contributed by atoms with van der Waals surface area (Å²) in [4.78, 5) is 4.42. The maximum Gasteiger partial charge on any atom is 0.209 e. The Labute approximate surface area is 170 Å². The number of halogens is 3. The summed E-state index contributed by atoms with van der Waals surface area (Å²) in [5.41, 5.74) is 4.59. The predicted molar refractivity (Wildman–Crippen MR) is 108 cm³/mol. The number of nitrogens with one attached hydrogen (secondary N) is 2. The summed E-state index contributed by atoms with van der Waals surface area (Å²) >= 11 is 6.15. The van der Waals surface area contributed by atoms with Gasteiger partial charge < -0.3 is 5.32 Å². The number of fused-ring (bicyclic) bond motifs is 1. The summed E-state index contributed by atoms with van der Waals surface area (Å²) in [5.74, 6) is 0. The maximum absolute atomic E-state index is 11.3. The van der Waals surface area contributed by atoms with Crippen LogP contribution in [0.4, 0.5) is 0 Å². The molecule has 26 heavy (non-hydrogen) atoms.